The molecule has 1 unspecified atom stereocenters. The van der Waals surface area contributed by atoms with Crippen LogP contribution in [0, 0.1) is 5.92 Å². The van der Waals surface area contributed by atoms with Crippen LogP contribution in [0.4, 0.5) is 13.2 Å². The number of nitrogens with zero attached hydrogens (tertiary/aromatic N) is 3. The predicted molar refractivity (Wildman–Crippen MR) is 73.3 cm³/mol. The predicted octanol–water partition coefficient (Wildman–Crippen LogP) is 1.26. The van der Waals surface area contributed by atoms with Crippen molar-refractivity contribution < 1.29 is 22.5 Å². The lowest BCUT2D eigenvalue weighted by Crippen LogP contribution is -2.38. The fraction of sp³-hybridized carbons (Fsp3) is 0.545. The van der Waals surface area contributed by atoms with Crippen LogP contribution in [0.2, 0.25) is 0 Å². The number of alkyl halides is 3. The molecule has 1 aliphatic heterocycles. The average Bonchev–Trinajstić information content (AvgIpc) is 2.78. The Hall–Kier alpha value is -1.17. The number of rotatable bonds is 3. The minimum absolute atomic E-state index is 0.0810. The Labute approximate surface area is 129 Å². The molecule has 0 aromatic carbocycles. The molecule has 3 rings (SSSR count). The molecular formula is C11H10F3N3O3S2. The van der Waals surface area contributed by atoms with Gasteiger partial charge in [-0.25, -0.2) is 4.98 Å². The Morgan fingerprint density at radius 2 is 2.14 bits per heavy atom. The number of hydrogen-bond donors (Lipinski definition) is 0. The van der Waals surface area contributed by atoms with Crippen molar-refractivity contribution in [3.05, 3.63) is 16.2 Å². The van der Waals surface area contributed by atoms with Crippen LogP contribution in [-0.2, 0) is 28.6 Å². The van der Waals surface area contributed by atoms with Crippen LogP contribution in [0.1, 0.15) is 5.82 Å². The third-order valence-electron chi connectivity index (χ3n) is 3.15. The molecule has 0 saturated carbocycles. The van der Waals surface area contributed by atoms with E-state index in [4.69, 9.17) is 4.74 Å². The summed E-state index contributed by atoms with van der Waals surface area (Å²) < 4.78 is 56.5. The smallest absolute Gasteiger partial charge is 0.449 e. The standard InChI is InChI=1S/C11H10F3N3O3S2/c1-22(19)10-15-6-7(21-10)16-9(11(12,13)14)17(8(6)18)2-5-3-20-4-5/h5H,2-4H2,1H3. The molecule has 1 fully saturated rings. The molecule has 0 spiro atoms. The third-order valence-corrected chi connectivity index (χ3v) is 5.43. The summed E-state index contributed by atoms with van der Waals surface area (Å²) in [5.74, 6) is -1.41. The molecule has 6 nitrogen and oxygen atoms in total. The molecule has 0 bridgehead atoms. The number of ether oxygens (including phenoxy) is 1. The second-order valence-electron chi connectivity index (χ2n) is 4.84. The topological polar surface area (TPSA) is 80.1 Å². The Morgan fingerprint density at radius 3 is 2.64 bits per heavy atom. The summed E-state index contributed by atoms with van der Waals surface area (Å²) in [4.78, 5) is 19.6. The SMILES string of the molecule is C[S+]([O-])c1nc2c(=O)n(CC3COC3)c(C(F)(F)F)nc2s1. The first-order chi connectivity index (χ1) is 10.3. The first-order valence-electron chi connectivity index (χ1n) is 6.17. The molecule has 1 atom stereocenters. The molecule has 2 aromatic rings. The van der Waals surface area contributed by atoms with E-state index in [0.717, 1.165) is 11.3 Å². The Kier molecular flexibility index (Phi) is 3.91. The van der Waals surface area contributed by atoms with Crippen molar-refractivity contribution in [3.8, 4) is 0 Å². The number of hydrogen-bond acceptors (Lipinski definition) is 6. The Morgan fingerprint density at radius 1 is 1.45 bits per heavy atom. The van der Waals surface area contributed by atoms with Gasteiger partial charge in [-0.3, -0.25) is 9.36 Å². The molecular weight excluding hydrogens is 343 g/mol. The maximum atomic E-state index is 13.2. The monoisotopic (exact) mass is 353 g/mol. The van der Waals surface area contributed by atoms with Crippen LogP contribution < -0.4 is 5.56 Å². The van der Waals surface area contributed by atoms with E-state index in [2.05, 4.69) is 9.97 Å². The maximum absolute atomic E-state index is 13.2. The normalized spacial score (nSPS) is 17.7. The third kappa shape index (κ3) is 2.73. The molecule has 0 radical (unpaired) electrons. The zero-order valence-electron chi connectivity index (χ0n) is 11.2. The van der Waals surface area contributed by atoms with Gasteiger partial charge in [0.2, 0.25) is 5.82 Å². The minimum Gasteiger partial charge on any atom is -0.610 e. The lowest BCUT2D eigenvalue weighted by Gasteiger charge is -2.27. The second kappa shape index (κ2) is 5.48. The van der Waals surface area contributed by atoms with Crippen molar-refractivity contribution in [3.63, 3.8) is 0 Å². The quantitative estimate of drug-likeness (QED) is 0.776. The van der Waals surface area contributed by atoms with Gasteiger partial charge in [0.15, 0.2) is 10.3 Å². The van der Waals surface area contributed by atoms with Crippen molar-refractivity contribution in [2.45, 2.75) is 17.1 Å². The van der Waals surface area contributed by atoms with Crippen molar-refractivity contribution >= 4 is 32.9 Å². The summed E-state index contributed by atoms with van der Waals surface area (Å²) >= 11 is -0.751. The number of fused-ring (bicyclic) bond motifs is 1. The van der Waals surface area contributed by atoms with Crippen LogP contribution in [-0.4, -0.2) is 38.6 Å². The summed E-state index contributed by atoms with van der Waals surface area (Å²) in [5.41, 5.74) is -1.04. The van der Waals surface area contributed by atoms with Gasteiger partial charge in [-0.2, -0.15) is 18.2 Å². The first kappa shape index (κ1) is 15.7. The summed E-state index contributed by atoms with van der Waals surface area (Å²) in [6.45, 7) is 0.491. The summed E-state index contributed by atoms with van der Waals surface area (Å²) in [7, 11) is 0. The van der Waals surface area contributed by atoms with E-state index in [1.807, 2.05) is 0 Å². The Bertz CT molecular complexity index is 767. The summed E-state index contributed by atoms with van der Waals surface area (Å²) in [5, 5.41) is 0. The van der Waals surface area contributed by atoms with Gasteiger partial charge in [0.1, 0.15) is 6.26 Å². The number of aromatic nitrogens is 3. The molecule has 2 aromatic heterocycles. The number of thiazole rings is 1. The lowest BCUT2D eigenvalue weighted by atomic mass is 10.1. The van der Waals surface area contributed by atoms with E-state index < -0.39 is 28.7 Å². The molecule has 0 N–H and O–H groups in total. The molecule has 3 heterocycles. The molecule has 1 aliphatic rings. The van der Waals surface area contributed by atoms with Crippen molar-refractivity contribution in [2.24, 2.45) is 5.92 Å². The van der Waals surface area contributed by atoms with Crippen molar-refractivity contribution in [1.29, 1.82) is 0 Å². The van der Waals surface area contributed by atoms with Gasteiger partial charge in [0.25, 0.3) is 5.56 Å². The highest BCUT2D eigenvalue weighted by Gasteiger charge is 2.39. The van der Waals surface area contributed by atoms with E-state index in [9.17, 15) is 22.5 Å². The van der Waals surface area contributed by atoms with Gasteiger partial charge in [0, 0.05) is 23.6 Å². The first-order valence-corrected chi connectivity index (χ1v) is 8.54. The van der Waals surface area contributed by atoms with Gasteiger partial charge in [-0.15, -0.1) is 0 Å². The van der Waals surface area contributed by atoms with Crippen LogP contribution >= 0.6 is 11.3 Å². The van der Waals surface area contributed by atoms with Crippen molar-refractivity contribution in [1.82, 2.24) is 14.5 Å². The number of halogens is 3. The van der Waals surface area contributed by atoms with Gasteiger partial charge < -0.3 is 9.29 Å². The molecule has 1 saturated heterocycles. The average molecular weight is 353 g/mol. The second-order valence-corrected chi connectivity index (χ2v) is 7.37. The van der Waals surface area contributed by atoms with Crippen LogP contribution in [0.3, 0.4) is 0 Å². The highest BCUT2D eigenvalue weighted by atomic mass is 32.2. The molecule has 120 valence electrons. The fourth-order valence-electron chi connectivity index (χ4n) is 2.05. The fourth-order valence-corrected chi connectivity index (χ4v) is 3.64. The highest BCUT2D eigenvalue weighted by Crippen LogP contribution is 2.30. The van der Waals surface area contributed by atoms with Gasteiger partial charge in [-0.1, -0.05) is 0 Å². The van der Waals surface area contributed by atoms with E-state index in [-0.39, 0.29) is 27.1 Å². The lowest BCUT2D eigenvalue weighted by molar-refractivity contribution is -0.149. The van der Waals surface area contributed by atoms with Gasteiger partial charge in [-0.05, 0) is 11.3 Å². The Balaban J connectivity index is 2.20. The summed E-state index contributed by atoms with van der Waals surface area (Å²) in [6, 6.07) is 0. The van der Waals surface area contributed by atoms with E-state index in [1.165, 1.54) is 6.26 Å². The van der Waals surface area contributed by atoms with Gasteiger partial charge >= 0.3 is 10.5 Å². The van der Waals surface area contributed by atoms with Crippen LogP contribution in [0.15, 0.2) is 9.13 Å². The van der Waals surface area contributed by atoms with E-state index in [1.54, 1.807) is 0 Å². The van der Waals surface area contributed by atoms with Crippen molar-refractivity contribution in [2.75, 3.05) is 19.5 Å². The molecule has 0 amide bonds. The molecule has 0 aliphatic carbocycles. The maximum Gasteiger partial charge on any atom is 0.449 e. The summed E-state index contributed by atoms with van der Waals surface area (Å²) in [6.07, 6.45) is -3.42. The van der Waals surface area contributed by atoms with Crippen LogP contribution in [0.5, 0.6) is 0 Å². The zero-order valence-corrected chi connectivity index (χ0v) is 12.8. The minimum atomic E-state index is -4.76. The van der Waals surface area contributed by atoms with Gasteiger partial charge in [0.05, 0.1) is 13.2 Å². The zero-order chi connectivity index (χ0) is 16.1. The molecule has 22 heavy (non-hydrogen) atoms. The largest absolute Gasteiger partial charge is 0.610 e. The van der Waals surface area contributed by atoms with E-state index in [0.29, 0.717) is 17.8 Å². The van der Waals surface area contributed by atoms with E-state index >= 15 is 0 Å². The van der Waals surface area contributed by atoms with Crippen LogP contribution in [0.25, 0.3) is 10.3 Å². The highest BCUT2D eigenvalue weighted by molar-refractivity contribution is 7.92. The molecule has 11 heteroatoms.